The Balaban J connectivity index is 1.70. The maximum Gasteiger partial charge on any atom is 0.358 e. The van der Waals surface area contributed by atoms with Crippen LogP contribution in [0.5, 0.6) is 0 Å². The standard InChI is InChI=1S/C13H18N4O2/c1-19-13(18)11-7-15-12(8-14-11)17-6-5-16-4-2-3-10(16)9-17/h7-8,10H,2-6,9H2,1H3. The van der Waals surface area contributed by atoms with Crippen molar-refractivity contribution in [2.24, 2.45) is 0 Å². The van der Waals surface area contributed by atoms with Crippen molar-refractivity contribution in [2.75, 3.05) is 38.2 Å². The molecule has 102 valence electrons. The number of carbonyl (C=O) groups excluding carboxylic acids is 1. The minimum absolute atomic E-state index is 0.255. The van der Waals surface area contributed by atoms with Crippen LogP contribution in [0.4, 0.5) is 5.82 Å². The lowest BCUT2D eigenvalue weighted by Gasteiger charge is -2.37. The average Bonchev–Trinajstić information content (AvgIpc) is 2.94. The van der Waals surface area contributed by atoms with Gasteiger partial charge in [-0.3, -0.25) is 4.90 Å². The summed E-state index contributed by atoms with van der Waals surface area (Å²) in [4.78, 5) is 24.6. The van der Waals surface area contributed by atoms with Crippen LogP contribution in [0.25, 0.3) is 0 Å². The zero-order valence-electron chi connectivity index (χ0n) is 11.1. The second-order valence-corrected chi connectivity index (χ2v) is 5.03. The normalized spacial score (nSPS) is 23.2. The molecule has 0 radical (unpaired) electrons. The molecule has 1 atom stereocenters. The zero-order valence-corrected chi connectivity index (χ0v) is 11.1. The van der Waals surface area contributed by atoms with E-state index in [4.69, 9.17) is 0 Å². The van der Waals surface area contributed by atoms with Crippen LogP contribution in [0, 0.1) is 0 Å². The number of hydrogen-bond acceptors (Lipinski definition) is 6. The second kappa shape index (κ2) is 5.13. The molecule has 0 saturated carbocycles. The molecule has 0 N–H and O–H groups in total. The third kappa shape index (κ3) is 2.40. The number of fused-ring (bicyclic) bond motifs is 1. The summed E-state index contributed by atoms with van der Waals surface area (Å²) in [5.41, 5.74) is 0.255. The first-order valence-corrected chi connectivity index (χ1v) is 6.67. The summed E-state index contributed by atoms with van der Waals surface area (Å²) >= 11 is 0. The number of rotatable bonds is 2. The van der Waals surface area contributed by atoms with E-state index in [0.29, 0.717) is 6.04 Å². The van der Waals surface area contributed by atoms with E-state index in [9.17, 15) is 4.79 Å². The van der Waals surface area contributed by atoms with Gasteiger partial charge in [-0.2, -0.15) is 0 Å². The monoisotopic (exact) mass is 262 g/mol. The summed E-state index contributed by atoms with van der Waals surface area (Å²) in [7, 11) is 1.34. The van der Waals surface area contributed by atoms with Crippen LogP contribution >= 0.6 is 0 Å². The maximum atomic E-state index is 11.3. The van der Waals surface area contributed by atoms with Crippen LogP contribution < -0.4 is 4.90 Å². The molecular weight excluding hydrogens is 244 g/mol. The zero-order chi connectivity index (χ0) is 13.2. The Labute approximate surface area is 112 Å². The molecule has 2 aliphatic heterocycles. The lowest BCUT2D eigenvalue weighted by atomic mass is 10.1. The number of piperazine rings is 1. The molecule has 2 aliphatic rings. The van der Waals surface area contributed by atoms with Crippen molar-refractivity contribution >= 4 is 11.8 Å². The minimum atomic E-state index is -0.445. The van der Waals surface area contributed by atoms with Gasteiger partial charge in [-0.25, -0.2) is 14.8 Å². The van der Waals surface area contributed by atoms with E-state index in [1.807, 2.05) is 0 Å². The van der Waals surface area contributed by atoms with Crippen LogP contribution in [0.3, 0.4) is 0 Å². The Bertz CT molecular complexity index is 462. The predicted molar refractivity (Wildman–Crippen MR) is 70.2 cm³/mol. The molecule has 2 saturated heterocycles. The van der Waals surface area contributed by atoms with E-state index in [1.54, 1.807) is 6.20 Å². The number of methoxy groups -OCH3 is 1. The molecule has 0 aliphatic carbocycles. The van der Waals surface area contributed by atoms with E-state index < -0.39 is 5.97 Å². The van der Waals surface area contributed by atoms with Crippen molar-refractivity contribution in [1.82, 2.24) is 14.9 Å². The lowest BCUT2D eigenvalue weighted by Crippen LogP contribution is -2.50. The van der Waals surface area contributed by atoms with Crippen molar-refractivity contribution in [3.05, 3.63) is 18.1 Å². The van der Waals surface area contributed by atoms with Crippen molar-refractivity contribution in [1.29, 1.82) is 0 Å². The van der Waals surface area contributed by atoms with E-state index >= 15 is 0 Å². The number of nitrogens with zero attached hydrogens (tertiary/aromatic N) is 4. The van der Waals surface area contributed by atoms with E-state index in [2.05, 4.69) is 24.5 Å². The van der Waals surface area contributed by atoms with Gasteiger partial charge in [0.2, 0.25) is 0 Å². The van der Waals surface area contributed by atoms with Gasteiger partial charge in [-0.15, -0.1) is 0 Å². The van der Waals surface area contributed by atoms with Gasteiger partial charge >= 0.3 is 5.97 Å². The molecule has 2 fully saturated rings. The number of carbonyl (C=O) groups is 1. The first kappa shape index (κ1) is 12.3. The summed E-state index contributed by atoms with van der Waals surface area (Å²) in [6.45, 7) is 4.30. The fourth-order valence-electron chi connectivity index (χ4n) is 2.89. The summed E-state index contributed by atoms with van der Waals surface area (Å²) < 4.78 is 4.62. The quantitative estimate of drug-likeness (QED) is 0.725. The van der Waals surface area contributed by atoms with Gasteiger partial charge in [0.05, 0.1) is 19.5 Å². The van der Waals surface area contributed by atoms with Gasteiger partial charge in [0.1, 0.15) is 5.82 Å². The number of hydrogen-bond donors (Lipinski definition) is 0. The topological polar surface area (TPSA) is 58.6 Å². The third-order valence-corrected chi connectivity index (χ3v) is 3.94. The largest absolute Gasteiger partial charge is 0.464 e. The van der Waals surface area contributed by atoms with Gasteiger partial charge in [-0.05, 0) is 19.4 Å². The minimum Gasteiger partial charge on any atom is -0.464 e. The molecule has 1 aromatic rings. The van der Waals surface area contributed by atoms with Crippen molar-refractivity contribution in [2.45, 2.75) is 18.9 Å². The lowest BCUT2D eigenvalue weighted by molar-refractivity contribution is 0.0593. The molecule has 0 bridgehead atoms. The van der Waals surface area contributed by atoms with Gasteiger partial charge < -0.3 is 9.64 Å². The van der Waals surface area contributed by atoms with Crippen LogP contribution in [0.2, 0.25) is 0 Å². The predicted octanol–water partition coefficient (Wildman–Crippen LogP) is 0.548. The number of ether oxygens (including phenoxy) is 1. The number of aromatic nitrogens is 2. The molecule has 6 nitrogen and oxygen atoms in total. The first-order valence-electron chi connectivity index (χ1n) is 6.67. The molecule has 6 heteroatoms. The average molecular weight is 262 g/mol. The molecule has 0 aromatic carbocycles. The second-order valence-electron chi connectivity index (χ2n) is 5.03. The molecule has 1 aromatic heterocycles. The Morgan fingerprint density at radius 2 is 2.21 bits per heavy atom. The van der Waals surface area contributed by atoms with Gasteiger partial charge in [0.25, 0.3) is 0 Å². The Morgan fingerprint density at radius 1 is 1.32 bits per heavy atom. The third-order valence-electron chi connectivity index (χ3n) is 3.94. The molecular formula is C13H18N4O2. The van der Waals surface area contributed by atoms with Crippen LogP contribution in [0.15, 0.2) is 12.4 Å². The van der Waals surface area contributed by atoms with Gasteiger partial charge in [0.15, 0.2) is 5.69 Å². The summed E-state index contributed by atoms with van der Waals surface area (Å²) in [6, 6.07) is 0.649. The van der Waals surface area contributed by atoms with E-state index in [0.717, 1.165) is 25.5 Å². The number of anilines is 1. The first-order chi connectivity index (χ1) is 9.28. The molecule has 0 amide bonds. The highest BCUT2D eigenvalue weighted by Crippen LogP contribution is 2.23. The Hall–Kier alpha value is -1.69. The highest BCUT2D eigenvalue weighted by molar-refractivity contribution is 5.86. The van der Waals surface area contributed by atoms with Crippen LogP contribution in [-0.2, 0) is 4.74 Å². The summed E-state index contributed by atoms with van der Waals surface area (Å²) in [5.74, 6) is 0.402. The highest BCUT2D eigenvalue weighted by Gasteiger charge is 2.31. The van der Waals surface area contributed by atoms with E-state index in [1.165, 1.54) is 32.7 Å². The van der Waals surface area contributed by atoms with E-state index in [-0.39, 0.29) is 5.69 Å². The molecule has 3 heterocycles. The molecule has 19 heavy (non-hydrogen) atoms. The van der Waals surface area contributed by atoms with Gasteiger partial charge in [-0.1, -0.05) is 0 Å². The fourth-order valence-corrected chi connectivity index (χ4v) is 2.89. The SMILES string of the molecule is COC(=O)c1cnc(N2CCN3CCCC3C2)cn1. The maximum absolute atomic E-state index is 11.3. The fraction of sp³-hybridized carbons (Fsp3) is 0.615. The van der Waals surface area contributed by atoms with Crippen molar-refractivity contribution in [3.8, 4) is 0 Å². The number of esters is 1. The van der Waals surface area contributed by atoms with Crippen molar-refractivity contribution < 1.29 is 9.53 Å². The molecule has 1 unspecified atom stereocenters. The smallest absolute Gasteiger partial charge is 0.358 e. The Kier molecular flexibility index (Phi) is 3.33. The molecule has 3 rings (SSSR count). The van der Waals surface area contributed by atoms with Gasteiger partial charge in [0, 0.05) is 25.7 Å². The Morgan fingerprint density at radius 3 is 2.95 bits per heavy atom. The molecule has 0 spiro atoms. The summed E-state index contributed by atoms with van der Waals surface area (Å²) in [6.07, 6.45) is 5.72. The summed E-state index contributed by atoms with van der Waals surface area (Å²) in [5, 5.41) is 0. The van der Waals surface area contributed by atoms with Crippen molar-refractivity contribution in [3.63, 3.8) is 0 Å². The van der Waals surface area contributed by atoms with Crippen LogP contribution in [0.1, 0.15) is 23.3 Å². The van der Waals surface area contributed by atoms with Crippen LogP contribution in [-0.4, -0.2) is 60.2 Å². The highest BCUT2D eigenvalue weighted by atomic mass is 16.5.